The molecule has 0 bridgehead atoms. The van der Waals surface area contributed by atoms with Crippen molar-refractivity contribution in [2.45, 2.75) is 20.8 Å². The van der Waals surface area contributed by atoms with Crippen LogP contribution in [-0.4, -0.2) is 30.1 Å². The molecule has 6 heteroatoms. The molecule has 2 rings (SSSR count). The van der Waals surface area contributed by atoms with Crippen LogP contribution in [0.15, 0.2) is 23.2 Å². The van der Waals surface area contributed by atoms with Gasteiger partial charge in [0.1, 0.15) is 0 Å². The fourth-order valence-corrected chi connectivity index (χ4v) is 2.06. The molecule has 1 aromatic rings. The lowest BCUT2D eigenvalue weighted by Gasteiger charge is -2.29. The molecule has 106 valence electrons. The average Bonchev–Trinajstić information content (AvgIpc) is 2.57. The van der Waals surface area contributed by atoms with Gasteiger partial charge in [0.05, 0.1) is 17.2 Å². The summed E-state index contributed by atoms with van der Waals surface area (Å²) in [6.45, 7) is 6.53. The van der Waals surface area contributed by atoms with E-state index in [-0.39, 0.29) is 11.6 Å². The highest BCUT2D eigenvalue weighted by Crippen LogP contribution is 2.29. The predicted molar refractivity (Wildman–Crippen MR) is 77.4 cm³/mol. The summed E-state index contributed by atoms with van der Waals surface area (Å²) in [7, 11) is 0. The fourth-order valence-electron chi connectivity index (χ4n) is 2.06. The minimum Gasteiger partial charge on any atom is -0.309 e. The molecule has 1 aliphatic heterocycles. The Labute approximate surface area is 117 Å². The van der Waals surface area contributed by atoms with Crippen LogP contribution in [0.2, 0.25) is 0 Å². The number of nitrogens with zero attached hydrogens (tertiary/aromatic N) is 3. The lowest BCUT2D eigenvalue weighted by Crippen LogP contribution is -2.41. The predicted octanol–water partition coefficient (Wildman–Crippen LogP) is 2.41. The largest absolute Gasteiger partial charge is 0.309 e. The zero-order chi connectivity index (χ0) is 14.9. The normalized spacial score (nSPS) is 14.7. The highest BCUT2D eigenvalue weighted by atomic mass is 16.6. The third kappa shape index (κ3) is 2.68. The first kappa shape index (κ1) is 14.2. The lowest BCUT2D eigenvalue weighted by molar-refractivity contribution is -0.384. The van der Waals surface area contributed by atoms with E-state index in [4.69, 9.17) is 0 Å². The van der Waals surface area contributed by atoms with Crippen molar-refractivity contribution >= 4 is 23.5 Å². The molecule has 20 heavy (non-hydrogen) atoms. The van der Waals surface area contributed by atoms with E-state index in [0.29, 0.717) is 24.3 Å². The van der Waals surface area contributed by atoms with Gasteiger partial charge >= 0.3 is 0 Å². The Bertz CT molecular complexity index is 588. The number of carbonyl (C=O) groups excluding carboxylic acids is 1. The third-order valence-electron chi connectivity index (χ3n) is 3.08. The molecule has 1 amide bonds. The van der Waals surface area contributed by atoms with Crippen LogP contribution in [0.1, 0.15) is 26.3 Å². The third-order valence-corrected chi connectivity index (χ3v) is 3.08. The first-order valence-electron chi connectivity index (χ1n) is 6.41. The van der Waals surface area contributed by atoms with Crippen LogP contribution < -0.4 is 4.90 Å². The Kier molecular flexibility index (Phi) is 3.57. The van der Waals surface area contributed by atoms with Crippen molar-refractivity contribution in [1.82, 2.24) is 0 Å². The van der Waals surface area contributed by atoms with Crippen molar-refractivity contribution in [2.75, 3.05) is 18.0 Å². The summed E-state index contributed by atoms with van der Waals surface area (Å²) in [5.74, 6) is -0.0156. The summed E-state index contributed by atoms with van der Waals surface area (Å²) in [6.07, 6.45) is 1.60. The molecule has 0 fully saturated rings. The zero-order valence-electron chi connectivity index (χ0n) is 11.8. The molecular weight excluding hydrogens is 258 g/mol. The number of nitro benzene ring substituents is 1. The quantitative estimate of drug-likeness (QED) is 0.583. The maximum Gasteiger partial charge on any atom is 0.270 e. The number of carbonyl (C=O) groups is 1. The second-order valence-corrected chi connectivity index (χ2v) is 5.74. The molecule has 0 aromatic heterocycles. The van der Waals surface area contributed by atoms with E-state index in [1.165, 1.54) is 12.1 Å². The van der Waals surface area contributed by atoms with Crippen molar-refractivity contribution in [1.29, 1.82) is 0 Å². The first-order chi connectivity index (χ1) is 9.30. The summed E-state index contributed by atoms with van der Waals surface area (Å²) in [5, 5.41) is 10.8. The maximum atomic E-state index is 12.5. The van der Waals surface area contributed by atoms with Crippen LogP contribution in [0.5, 0.6) is 0 Å². The number of hydrogen-bond acceptors (Lipinski definition) is 4. The van der Waals surface area contributed by atoms with Gasteiger partial charge in [0.15, 0.2) is 0 Å². The van der Waals surface area contributed by atoms with Gasteiger partial charge in [-0.05, 0) is 6.07 Å². The van der Waals surface area contributed by atoms with Crippen molar-refractivity contribution in [3.63, 3.8) is 0 Å². The smallest absolute Gasteiger partial charge is 0.270 e. The number of anilines is 1. The van der Waals surface area contributed by atoms with Crippen LogP contribution in [0.25, 0.3) is 0 Å². The van der Waals surface area contributed by atoms with Gasteiger partial charge in [-0.15, -0.1) is 0 Å². The Balaban J connectivity index is 2.48. The summed E-state index contributed by atoms with van der Waals surface area (Å²) in [4.78, 5) is 28.7. The van der Waals surface area contributed by atoms with Crippen LogP contribution in [-0.2, 0) is 4.79 Å². The van der Waals surface area contributed by atoms with Gasteiger partial charge in [-0.3, -0.25) is 19.9 Å². The molecule has 1 aromatic carbocycles. The van der Waals surface area contributed by atoms with Gasteiger partial charge in [-0.25, -0.2) is 0 Å². The average molecular weight is 275 g/mol. The lowest BCUT2D eigenvalue weighted by atomic mass is 9.94. The number of hydrogen-bond donors (Lipinski definition) is 0. The van der Waals surface area contributed by atoms with Crippen LogP contribution in [0.3, 0.4) is 0 Å². The Morgan fingerprint density at radius 2 is 2.10 bits per heavy atom. The van der Waals surface area contributed by atoms with Gasteiger partial charge in [0.25, 0.3) is 5.69 Å². The molecule has 0 unspecified atom stereocenters. The number of rotatable bonds is 1. The van der Waals surface area contributed by atoms with Crippen molar-refractivity contribution in [3.05, 3.63) is 33.9 Å². The molecule has 0 atom stereocenters. The van der Waals surface area contributed by atoms with E-state index < -0.39 is 10.3 Å². The van der Waals surface area contributed by atoms with E-state index in [1.54, 1.807) is 17.2 Å². The highest BCUT2D eigenvalue weighted by Gasteiger charge is 2.30. The maximum absolute atomic E-state index is 12.5. The SMILES string of the molecule is CC(C)(C)C(=O)N1CCN=Cc2cc([N+](=O)[O-])ccc21. The minimum atomic E-state index is -0.511. The number of benzodiazepines with no additional fused rings is 1. The number of amides is 1. The number of aliphatic imine (C=N–C) groups is 1. The van der Waals surface area contributed by atoms with Crippen LogP contribution in [0, 0.1) is 15.5 Å². The number of benzene rings is 1. The Hall–Kier alpha value is -2.24. The van der Waals surface area contributed by atoms with Gasteiger partial charge in [0.2, 0.25) is 5.91 Å². The monoisotopic (exact) mass is 275 g/mol. The molecule has 1 heterocycles. The molecule has 0 spiro atoms. The second-order valence-electron chi connectivity index (χ2n) is 5.74. The molecule has 0 N–H and O–H groups in total. The highest BCUT2D eigenvalue weighted by molar-refractivity contribution is 6.02. The number of nitro groups is 1. The molecular formula is C14H17N3O3. The molecule has 0 saturated heterocycles. The molecule has 0 aliphatic carbocycles. The fraction of sp³-hybridized carbons (Fsp3) is 0.429. The van der Waals surface area contributed by atoms with E-state index >= 15 is 0 Å². The van der Waals surface area contributed by atoms with Crippen molar-refractivity contribution in [2.24, 2.45) is 10.4 Å². The van der Waals surface area contributed by atoms with Crippen LogP contribution in [0.4, 0.5) is 11.4 Å². The summed E-state index contributed by atoms with van der Waals surface area (Å²) >= 11 is 0. The van der Waals surface area contributed by atoms with E-state index in [9.17, 15) is 14.9 Å². The van der Waals surface area contributed by atoms with Gasteiger partial charge in [0, 0.05) is 35.9 Å². The van der Waals surface area contributed by atoms with E-state index in [1.807, 2.05) is 20.8 Å². The van der Waals surface area contributed by atoms with Crippen molar-refractivity contribution < 1.29 is 9.72 Å². The Morgan fingerprint density at radius 1 is 1.40 bits per heavy atom. The van der Waals surface area contributed by atoms with Gasteiger partial charge < -0.3 is 4.90 Å². The van der Waals surface area contributed by atoms with Crippen LogP contribution >= 0.6 is 0 Å². The number of non-ortho nitro benzene ring substituents is 1. The molecule has 6 nitrogen and oxygen atoms in total. The molecule has 0 radical (unpaired) electrons. The zero-order valence-corrected chi connectivity index (χ0v) is 11.8. The summed E-state index contributed by atoms with van der Waals surface area (Å²) < 4.78 is 0. The summed E-state index contributed by atoms with van der Waals surface area (Å²) in [5.41, 5.74) is 0.773. The topological polar surface area (TPSA) is 75.8 Å². The molecule has 1 aliphatic rings. The second kappa shape index (κ2) is 5.03. The van der Waals surface area contributed by atoms with E-state index in [2.05, 4.69) is 4.99 Å². The standard InChI is InChI=1S/C14H17N3O3/c1-14(2,3)13(18)16-7-6-15-9-10-8-11(17(19)20)4-5-12(10)16/h4-5,8-9H,6-7H2,1-3H3. The first-order valence-corrected chi connectivity index (χ1v) is 6.41. The van der Waals surface area contributed by atoms with Gasteiger partial charge in [-0.2, -0.15) is 0 Å². The minimum absolute atomic E-state index is 0.000239. The van der Waals surface area contributed by atoms with Crippen molar-refractivity contribution in [3.8, 4) is 0 Å². The summed E-state index contributed by atoms with van der Waals surface area (Å²) in [6, 6.07) is 4.49. The number of fused-ring (bicyclic) bond motifs is 1. The van der Waals surface area contributed by atoms with Gasteiger partial charge in [-0.1, -0.05) is 20.8 Å². The Morgan fingerprint density at radius 3 is 2.70 bits per heavy atom. The molecule has 0 saturated carbocycles. The van der Waals surface area contributed by atoms with E-state index in [0.717, 1.165) is 0 Å².